The Balaban J connectivity index is 0.00000374. The van der Waals surface area contributed by atoms with Crippen molar-refractivity contribution in [3.63, 3.8) is 0 Å². The number of aromatic nitrogens is 4. The van der Waals surface area contributed by atoms with Gasteiger partial charge in [-0.15, -0.1) is 5.69 Å². The Labute approximate surface area is 304 Å². The molecule has 51 heavy (non-hydrogen) atoms. The first kappa shape index (κ1) is 31.8. The van der Waals surface area contributed by atoms with Gasteiger partial charge >= 0.3 is 17.1 Å². The van der Waals surface area contributed by atoms with E-state index in [-0.39, 0.29) is 22.8 Å². The predicted molar refractivity (Wildman–Crippen MR) is 202 cm³/mol. The third-order valence-corrected chi connectivity index (χ3v) is 8.94. The second-order valence-corrected chi connectivity index (χ2v) is 12.1. The molecule has 0 aliphatic carbocycles. The van der Waals surface area contributed by atoms with Gasteiger partial charge in [0.15, 0.2) is 0 Å². The maximum Gasteiger partial charge on any atom is 2.00 e. The molecule has 4 aromatic carbocycles. The van der Waals surface area contributed by atoms with Crippen molar-refractivity contribution in [2.45, 2.75) is 0 Å². The van der Waals surface area contributed by atoms with Gasteiger partial charge in [-0.25, -0.2) is 10.5 Å². The van der Waals surface area contributed by atoms with Gasteiger partial charge < -0.3 is 22.1 Å². The molecule has 0 fully saturated rings. The molecule has 9 rings (SSSR count). The van der Waals surface area contributed by atoms with Crippen molar-refractivity contribution in [2.24, 2.45) is 5.18 Å². The summed E-state index contributed by atoms with van der Waals surface area (Å²) in [6, 6.07) is 53.2. The number of hydrogen-bond donors (Lipinski definition) is 2. The third-order valence-electron chi connectivity index (χ3n) is 8.94. The monoisotopic (exact) mass is 697 g/mol. The smallest absolute Gasteiger partial charge is 0.404 e. The summed E-state index contributed by atoms with van der Waals surface area (Å²) < 4.78 is 0. The summed E-state index contributed by atoms with van der Waals surface area (Å²) in [5.41, 5.74) is 13.2. The zero-order chi connectivity index (χ0) is 33.4. The fraction of sp³-hybridized carbons (Fsp3) is 0. The molecule has 2 aliphatic heterocycles. The van der Waals surface area contributed by atoms with Crippen LogP contribution >= 0.6 is 0 Å². The number of fused-ring (bicyclic) bond motifs is 8. The summed E-state index contributed by atoms with van der Waals surface area (Å²) in [7, 11) is 0. The van der Waals surface area contributed by atoms with Crippen LogP contribution in [-0.2, 0) is 17.1 Å². The molecule has 5 heterocycles. The van der Waals surface area contributed by atoms with Crippen LogP contribution in [0.4, 0.5) is 0 Å². The third kappa shape index (κ3) is 5.85. The summed E-state index contributed by atoms with van der Waals surface area (Å²) in [6.07, 6.45) is 4.02. The van der Waals surface area contributed by atoms with Crippen LogP contribution in [0.3, 0.4) is 0 Å². The normalized spacial score (nSPS) is 12.1. The van der Waals surface area contributed by atoms with Crippen LogP contribution in [0.15, 0.2) is 145 Å². The van der Waals surface area contributed by atoms with Crippen molar-refractivity contribution in [1.82, 2.24) is 19.9 Å². The largest absolute Gasteiger partial charge is 2.00 e. The average Bonchev–Trinajstić information content (AvgIpc) is 3.96. The van der Waals surface area contributed by atoms with Crippen molar-refractivity contribution < 1.29 is 17.1 Å². The number of rotatable bonds is 5. The number of nitroso groups, excluding NO2 is 1. The molecule has 0 saturated carbocycles. The van der Waals surface area contributed by atoms with E-state index in [0.29, 0.717) is 22.5 Å². The van der Waals surface area contributed by atoms with Crippen LogP contribution in [0, 0.1) is 17.0 Å². The Morgan fingerprint density at radius 1 is 0.588 bits per heavy atom. The maximum absolute atomic E-state index is 12.9. The summed E-state index contributed by atoms with van der Waals surface area (Å²) >= 11 is 0. The summed E-state index contributed by atoms with van der Waals surface area (Å²) in [6.45, 7) is 0. The van der Waals surface area contributed by atoms with Crippen molar-refractivity contribution in [2.75, 3.05) is 0 Å². The zero-order valence-electron chi connectivity index (χ0n) is 27.0. The van der Waals surface area contributed by atoms with Gasteiger partial charge in [0.25, 0.3) is 0 Å². The van der Waals surface area contributed by atoms with Crippen LogP contribution in [-0.4, -0.2) is 19.9 Å². The Kier molecular flexibility index (Phi) is 8.42. The Morgan fingerprint density at radius 2 is 1.14 bits per heavy atom. The molecule has 6 nitrogen and oxygen atoms in total. The first-order valence-corrected chi connectivity index (χ1v) is 16.3. The zero-order valence-corrected chi connectivity index (χ0v) is 28.1. The summed E-state index contributed by atoms with van der Waals surface area (Å²) in [5, 5.41) is 3.61. The average molecular weight is 698 g/mol. The minimum atomic E-state index is 0. The SMILES string of the molecule is O=NC1=C(c2ccccc2)c2nc1[c-]c1[c-]cc(cc3nc(cc4[nH]c(c2-c2ccccc2)c(-c2ccccc2)c4-c2ccccc2)C=C3)[nH]1.[Fe+2]. The van der Waals surface area contributed by atoms with E-state index in [1.54, 1.807) is 0 Å². The molecule has 0 radical (unpaired) electrons. The molecule has 0 spiro atoms. The Morgan fingerprint density at radius 3 is 1.75 bits per heavy atom. The van der Waals surface area contributed by atoms with E-state index in [2.05, 4.69) is 94.0 Å². The van der Waals surface area contributed by atoms with E-state index in [1.165, 1.54) is 0 Å². The number of nitrogens with zero attached hydrogens (tertiary/aromatic N) is 3. The molecule has 7 aromatic rings. The van der Waals surface area contributed by atoms with Gasteiger partial charge in [-0.2, -0.15) is 16.2 Å². The summed E-state index contributed by atoms with van der Waals surface area (Å²) in [5.74, 6) is 0. The summed E-state index contributed by atoms with van der Waals surface area (Å²) in [4.78, 5) is 30.3. The molecule has 242 valence electrons. The topological polar surface area (TPSA) is 86.8 Å². The van der Waals surface area contributed by atoms with Crippen LogP contribution in [0.2, 0.25) is 0 Å². The van der Waals surface area contributed by atoms with Gasteiger partial charge in [0.2, 0.25) is 0 Å². The Hall–Kier alpha value is -6.40. The molecule has 0 amide bonds. The van der Waals surface area contributed by atoms with Gasteiger partial charge in [0, 0.05) is 27.7 Å². The first-order valence-electron chi connectivity index (χ1n) is 16.3. The van der Waals surface area contributed by atoms with Gasteiger partial charge in [0.05, 0.1) is 22.6 Å². The fourth-order valence-electron chi connectivity index (χ4n) is 6.80. The molecule has 2 N–H and O–H groups in total. The van der Waals surface area contributed by atoms with Crippen LogP contribution < -0.4 is 0 Å². The molecule has 0 saturated heterocycles. The molecule has 3 aromatic heterocycles. The van der Waals surface area contributed by atoms with E-state index in [0.717, 1.165) is 66.9 Å². The number of aromatic amines is 2. The molecule has 2 aliphatic rings. The van der Waals surface area contributed by atoms with Crippen molar-refractivity contribution in [3.8, 4) is 33.4 Å². The number of nitrogens with one attached hydrogen (secondary N) is 2. The first-order chi connectivity index (χ1) is 24.7. The number of hydrogen-bond acceptors (Lipinski definition) is 4. The minimum Gasteiger partial charge on any atom is -0.404 e. The van der Waals surface area contributed by atoms with Crippen LogP contribution in [0.25, 0.3) is 78.9 Å². The second kappa shape index (κ2) is 13.5. The van der Waals surface area contributed by atoms with E-state index < -0.39 is 0 Å². The van der Waals surface area contributed by atoms with E-state index >= 15 is 0 Å². The number of H-pyrrole nitrogens is 2. The molecule has 0 atom stereocenters. The van der Waals surface area contributed by atoms with Gasteiger partial charge in [-0.3, -0.25) is 4.98 Å². The molecular formula is C44H27FeN5O. The number of benzene rings is 4. The van der Waals surface area contributed by atoms with Crippen molar-refractivity contribution in [3.05, 3.63) is 185 Å². The van der Waals surface area contributed by atoms with Crippen molar-refractivity contribution >= 4 is 45.5 Å². The van der Waals surface area contributed by atoms with Crippen molar-refractivity contribution in [1.29, 1.82) is 0 Å². The van der Waals surface area contributed by atoms with Crippen LogP contribution in [0.5, 0.6) is 0 Å². The van der Waals surface area contributed by atoms with E-state index in [9.17, 15) is 4.91 Å². The van der Waals surface area contributed by atoms with Gasteiger partial charge in [-0.05, 0) is 46.5 Å². The minimum absolute atomic E-state index is 0. The molecule has 0 unspecified atom stereocenters. The second-order valence-electron chi connectivity index (χ2n) is 12.1. The van der Waals surface area contributed by atoms with Crippen LogP contribution in [0.1, 0.15) is 28.3 Å². The molecular weight excluding hydrogens is 670 g/mol. The molecule has 8 bridgehead atoms. The van der Waals surface area contributed by atoms with Gasteiger partial charge in [-0.1, -0.05) is 133 Å². The van der Waals surface area contributed by atoms with E-state index in [1.807, 2.05) is 84.9 Å². The Bertz CT molecular complexity index is 2640. The predicted octanol–water partition coefficient (Wildman–Crippen LogP) is 10.8. The van der Waals surface area contributed by atoms with Gasteiger partial charge in [0.1, 0.15) is 0 Å². The fourth-order valence-corrected chi connectivity index (χ4v) is 6.80. The van der Waals surface area contributed by atoms with E-state index in [4.69, 9.17) is 9.97 Å². The quantitative estimate of drug-likeness (QED) is 0.107. The molecule has 7 heteroatoms. The maximum atomic E-state index is 12.9. The standard InChI is InChI=1S/C44H27N5O.Fe/c50-49-42-37-27-35-24-22-33(46-35)25-32-21-23-34(45-32)26-36-38(28-13-5-1-6-14-28)39(29-15-7-2-8-16-29)43(47-36)41(31-19-11-4-12-20-31)44(48-37)40(42)30-17-9-3-10-18-30;/h1-23,25-26,46-47H;/q-2;+2.